The Morgan fingerprint density at radius 1 is 1.12 bits per heavy atom. The molecule has 86 valence electrons. The van der Waals surface area contributed by atoms with Crippen LogP contribution in [0.15, 0.2) is 42.5 Å². The fourth-order valence-electron chi connectivity index (χ4n) is 1.92. The second kappa shape index (κ2) is 3.61. The van der Waals surface area contributed by atoms with Gasteiger partial charge in [0.1, 0.15) is 5.75 Å². The summed E-state index contributed by atoms with van der Waals surface area (Å²) in [6.07, 6.45) is 0. The Hall–Kier alpha value is -1.28. The zero-order chi connectivity index (χ0) is 12.0. The Balaban J connectivity index is 2.36. The Bertz CT molecular complexity index is 654. The number of rotatable bonds is 0. The van der Waals surface area contributed by atoms with Crippen LogP contribution in [0.4, 0.5) is 0 Å². The Kier molecular flexibility index (Phi) is 2.30. The molecule has 2 aromatic rings. The summed E-state index contributed by atoms with van der Waals surface area (Å²) in [6.45, 7) is 0. The average molecular weight is 267 g/mol. The van der Waals surface area contributed by atoms with Crippen LogP contribution in [-0.4, -0.2) is 4.89 Å². The zero-order valence-electron chi connectivity index (χ0n) is 8.63. The third-order valence-electron chi connectivity index (χ3n) is 2.66. The summed E-state index contributed by atoms with van der Waals surface area (Å²) in [4.78, 5) is 9.84. The summed E-state index contributed by atoms with van der Waals surface area (Å²) in [6, 6.07) is 11.9. The lowest BCUT2D eigenvalue weighted by Crippen LogP contribution is -2.16. The van der Waals surface area contributed by atoms with E-state index in [9.17, 15) is 9.46 Å². The van der Waals surface area contributed by atoms with E-state index in [4.69, 9.17) is 16.1 Å². The Morgan fingerprint density at radius 2 is 1.88 bits per heavy atom. The monoisotopic (exact) mass is 266 g/mol. The molecule has 1 heterocycles. The van der Waals surface area contributed by atoms with Crippen LogP contribution in [0.2, 0.25) is 5.02 Å². The fraction of sp³-hybridized carbons (Fsp3) is 0. The van der Waals surface area contributed by atoms with Crippen LogP contribution in [0.1, 0.15) is 0 Å². The highest BCUT2D eigenvalue weighted by Gasteiger charge is 2.34. The first-order valence-corrected chi connectivity index (χ1v) is 6.95. The summed E-state index contributed by atoms with van der Waals surface area (Å²) in [5.74, 6) is 0.388. The normalized spacial score (nSPS) is 21.3. The van der Waals surface area contributed by atoms with Gasteiger partial charge in [-0.15, -0.1) is 0 Å². The van der Waals surface area contributed by atoms with Gasteiger partial charge in [-0.3, -0.25) is 0 Å². The van der Waals surface area contributed by atoms with Crippen LogP contribution in [0.3, 0.4) is 0 Å². The van der Waals surface area contributed by atoms with E-state index in [0.717, 1.165) is 5.56 Å². The van der Waals surface area contributed by atoms with Gasteiger partial charge in [-0.1, -0.05) is 29.8 Å². The van der Waals surface area contributed by atoms with Gasteiger partial charge in [-0.25, -0.2) is 4.57 Å². The standard InChI is InChI=1S/C12H8ClO3P/c13-8-5-6-11-10(7-8)9-3-1-2-4-12(9)17(14,15)16-11/h1-7H,(H,14,15). The average Bonchev–Trinajstić information content (AvgIpc) is 2.30. The van der Waals surface area contributed by atoms with Crippen molar-refractivity contribution in [3.05, 3.63) is 47.5 Å². The summed E-state index contributed by atoms with van der Waals surface area (Å²) in [5.41, 5.74) is 1.44. The van der Waals surface area contributed by atoms with Crippen molar-refractivity contribution in [1.82, 2.24) is 0 Å². The Labute approximate surface area is 103 Å². The van der Waals surface area contributed by atoms with Gasteiger partial charge in [0.15, 0.2) is 0 Å². The molecular formula is C12H8ClO3P. The molecular weight excluding hydrogens is 259 g/mol. The molecule has 5 heteroatoms. The molecule has 0 saturated carbocycles. The highest BCUT2D eigenvalue weighted by atomic mass is 35.5. The van der Waals surface area contributed by atoms with E-state index in [1.165, 1.54) is 0 Å². The lowest BCUT2D eigenvalue weighted by Gasteiger charge is -2.24. The van der Waals surface area contributed by atoms with Crippen LogP contribution < -0.4 is 9.83 Å². The number of benzene rings is 2. The summed E-state index contributed by atoms with van der Waals surface area (Å²) in [5, 5.41) is 0.881. The third-order valence-corrected chi connectivity index (χ3v) is 4.34. The number of hydrogen-bond acceptors (Lipinski definition) is 2. The number of hydrogen-bond donors (Lipinski definition) is 1. The van der Waals surface area contributed by atoms with E-state index >= 15 is 0 Å². The molecule has 0 amide bonds. The van der Waals surface area contributed by atoms with Crippen LogP contribution in [0.25, 0.3) is 11.1 Å². The molecule has 2 aromatic carbocycles. The van der Waals surface area contributed by atoms with E-state index in [-0.39, 0.29) is 0 Å². The molecule has 0 spiro atoms. The van der Waals surface area contributed by atoms with E-state index in [1.807, 2.05) is 6.07 Å². The van der Waals surface area contributed by atoms with Crippen molar-refractivity contribution < 1.29 is 14.0 Å². The lowest BCUT2D eigenvalue weighted by atomic mass is 10.0. The molecule has 1 unspecified atom stereocenters. The molecule has 1 aliphatic rings. The molecule has 3 nitrogen and oxygen atoms in total. The summed E-state index contributed by atoms with van der Waals surface area (Å²) in [7, 11) is -3.77. The maximum atomic E-state index is 12.0. The predicted octanol–water partition coefficient (Wildman–Crippen LogP) is 3.21. The second-order valence-electron chi connectivity index (χ2n) is 3.77. The molecule has 17 heavy (non-hydrogen) atoms. The topological polar surface area (TPSA) is 46.5 Å². The highest BCUT2D eigenvalue weighted by Crippen LogP contribution is 2.51. The minimum atomic E-state index is -3.77. The van der Waals surface area contributed by atoms with Crippen LogP contribution >= 0.6 is 19.2 Å². The fourth-order valence-corrected chi connectivity index (χ4v) is 3.39. The molecule has 0 bridgehead atoms. The van der Waals surface area contributed by atoms with Gasteiger partial charge < -0.3 is 9.42 Å². The van der Waals surface area contributed by atoms with Gasteiger partial charge in [0.2, 0.25) is 0 Å². The maximum Gasteiger partial charge on any atom is 0.408 e. The summed E-state index contributed by atoms with van der Waals surface area (Å²) < 4.78 is 17.2. The van der Waals surface area contributed by atoms with Crippen molar-refractivity contribution in [1.29, 1.82) is 0 Å². The maximum absolute atomic E-state index is 12.0. The van der Waals surface area contributed by atoms with E-state index in [0.29, 0.717) is 21.6 Å². The van der Waals surface area contributed by atoms with Crippen LogP contribution in [-0.2, 0) is 4.57 Å². The molecule has 1 aliphatic heterocycles. The second-order valence-corrected chi connectivity index (χ2v) is 5.91. The molecule has 0 aliphatic carbocycles. The molecule has 0 fully saturated rings. The van der Waals surface area contributed by atoms with Crippen LogP contribution in [0, 0.1) is 0 Å². The van der Waals surface area contributed by atoms with Gasteiger partial charge in [0, 0.05) is 16.1 Å². The first-order chi connectivity index (χ1) is 8.08. The van der Waals surface area contributed by atoms with Gasteiger partial charge in [-0.2, -0.15) is 0 Å². The van der Waals surface area contributed by atoms with Gasteiger partial charge in [0.25, 0.3) is 0 Å². The molecule has 3 rings (SSSR count). The first kappa shape index (κ1) is 10.8. The molecule has 0 saturated heterocycles. The Morgan fingerprint density at radius 3 is 2.71 bits per heavy atom. The quantitative estimate of drug-likeness (QED) is 0.745. The van der Waals surface area contributed by atoms with Gasteiger partial charge >= 0.3 is 7.60 Å². The van der Waals surface area contributed by atoms with E-state index < -0.39 is 7.60 Å². The largest absolute Gasteiger partial charge is 0.421 e. The summed E-state index contributed by atoms with van der Waals surface area (Å²) >= 11 is 5.93. The molecule has 0 radical (unpaired) electrons. The molecule has 0 aromatic heterocycles. The molecule has 1 N–H and O–H groups in total. The van der Waals surface area contributed by atoms with Crippen molar-refractivity contribution in [2.24, 2.45) is 0 Å². The van der Waals surface area contributed by atoms with Crippen molar-refractivity contribution in [2.45, 2.75) is 0 Å². The van der Waals surface area contributed by atoms with Crippen molar-refractivity contribution in [2.75, 3.05) is 0 Å². The SMILES string of the molecule is O=P1(O)Oc2ccc(Cl)cc2-c2ccccc21. The third kappa shape index (κ3) is 1.67. The van der Waals surface area contributed by atoms with Gasteiger partial charge in [0.05, 0.1) is 5.30 Å². The van der Waals surface area contributed by atoms with E-state index in [1.54, 1.807) is 36.4 Å². The minimum absolute atomic E-state index is 0.315. The van der Waals surface area contributed by atoms with Crippen molar-refractivity contribution in [3.63, 3.8) is 0 Å². The van der Waals surface area contributed by atoms with Crippen molar-refractivity contribution in [3.8, 4) is 16.9 Å². The molecule has 1 atom stereocenters. The number of halogens is 1. The smallest absolute Gasteiger partial charge is 0.408 e. The van der Waals surface area contributed by atoms with Crippen molar-refractivity contribution >= 4 is 24.5 Å². The highest BCUT2D eigenvalue weighted by molar-refractivity contribution is 7.62. The predicted molar refractivity (Wildman–Crippen MR) is 67.0 cm³/mol. The minimum Gasteiger partial charge on any atom is -0.421 e. The lowest BCUT2D eigenvalue weighted by molar-refractivity contribution is 0.392. The number of fused-ring (bicyclic) bond motifs is 3. The van der Waals surface area contributed by atoms with Crippen LogP contribution in [0.5, 0.6) is 5.75 Å². The van der Waals surface area contributed by atoms with E-state index in [2.05, 4.69) is 0 Å². The zero-order valence-corrected chi connectivity index (χ0v) is 10.3. The van der Waals surface area contributed by atoms with Gasteiger partial charge in [-0.05, 0) is 24.3 Å². The first-order valence-electron chi connectivity index (χ1n) is 5.00.